The van der Waals surface area contributed by atoms with Gasteiger partial charge in [0.05, 0.1) is 17.0 Å². The molecule has 5 rings (SSSR count). The largest absolute Gasteiger partial charge is 0.489 e. The summed E-state index contributed by atoms with van der Waals surface area (Å²) in [5.74, 6) is 0.348. The van der Waals surface area contributed by atoms with Gasteiger partial charge in [-0.15, -0.1) is 6.58 Å². The number of carbonyl (C=O) groups is 1. The summed E-state index contributed by atoms with van der Waals surface area (Å²) in [5, 5.41) is 0.769. The minimum Gasteiger partial charge on any atom is -0.489 e. The van der Waals surface area contributed by atoms with E-state index in [1.807, 2.05) is 54.6 Å². The van der Waals surface area contributed by atoms with Gasteiger partial charge in [-0.3, -0.25) is 9.59 Å². The van der Waals surface area contributed by atoms with Gasteiger partial charge in [0.2, 0.25) is 5.76 Å². The highest BCUT2D eigenvalue weighted by atomic mass is 35.5. The van der Waals surface area contributed by atoms with Crippen LogP contribution < -0.4 is 10.2 Å². The first kappa shape index (κ1) is 21.0. The molecule has 1 amide bonds. The predicted molar refractivity (Wildman–Crippen MR) is 128 cm³/mol. The Morgan fingerprint density at radius 1 is 1.03 bits per heavy atom. The van der Waals surface area contributed by atoms with E-state index in [-0.39, 0.29) is 23.6 Å². The van der Waals surface area contributed by atoms with E-state index in [0.29, 0.717) is 33.9 Å². The van der Waals surface area contributed by atoms with E-state index in [1.54, 1.807) is 29.2 Å². The van der Waals surface area contributed by atoms with Crippen molar-refractivity contribution in [2.24, 2.45) is 0 Å². The molecule has 0 unspecified atom stereocenters. The molecule has 0 fully saturated rings. The average Bonchev–Trinajstić information content (AvgIpc) is 3.11. The van der Waals surface area contributed by atoms with Crippen LogP contribution >= 0.6 is 11.6 Å². The SMILES string of the molecule is C=CCN1C(=O)c2oc3ccc(Cl)cc3c(=O)c2[C@H]1c1cccc(OCc2ccccc2)c1. The average molecular weight is 458 g/mol. The molecule has 3 aromatic carbocycles. The minimum atomic E-state index is -0.620. The van der Waals surface area contributed by atoms with Crippen LogP contribution in [0.2, 0.25) is 5.02 Å². The van der Waals surface area contributed by atoms with Crippen LogP contribution in [0.4, 0.5) is 0 Å². The number of hydrogen-bond acceptors (Lipinski definition) is 4. The topological polar surface area (TPSA) is 59.8 Å². The molecule has 6 heteroatoms. The van der Waals surface area contributed by atoms with Crippen molar-refractivity contribution >= 4 is 28.5 Å². The molecule has 0 aliphatic carbocycles. The van der Waals surface area contributed by atoms with Gasteiger partial charge in [-0.1, -0.05) is 60.1 Å². The van der Waals surface area contributed by atoms with Crippen LogP contribution in [0.25, 0.3) is 11.0 Å². The Labute approximate surface area is 195 Å². The maximum atomic E-state index is 13.5. The summed E-state index contributed by atoms with van der Waals surface area (Å²) in [6.45, 7) is 4.45. The fourth-order valence-electron chi connectivity index (χ4n) is 4.18. The van der Waals surface area contributed by atoms with E-state index < -0.39 is 6.04 Å². The number of rotatable bonds is 6. The molecular weight excluding hydrogens is 438 g/mol. The number of halogens is 1. The number of fused-ring (bicyclic) bond motifs is 2. The molecule has 0 radical (unpaired) electrons. The zero-order valence-corrected chi connectivity index (χ0v) is 18.4. The van der Waals surface area contributed by atoms with E-state index in [0.717, 1.165) is 11.1 Å². The number of nitrogens with zero attached hydrogens (tertiary/aromatic N) is 1. The molecule has 164 valence electrons. The number of hydrogen-bond donors (Lipinski definition) is 0. The lowest BCUT2D eigenvalue weighted by Gasteiger charge is -2.24. The van der Waals surface area contributed by atoms with Crippen LogP contribution in [0.5, 0.6) is 5.75 Å². The lowest BCUT2D eigenvalue weighted by atomic mass is 9.98. The molecule has 5 nitrogen and oxygen atoms in total. The fourth-order valence-corrected chi connectivity index (χ4v) is 4.35. The highest BCUT2D eigenvalue weighted by Gasteiger charge is 2.42. The van der Waals surface area contributed by atoms with Crippen molar-refractivity contribution in [1.82, 2.24) is 4.90 Å². The number of ether oxygens (including phenoxy) is 1. The van der Waals surface area contributed by atoms with Gasteiger partial charge in [0.1, 0.15) is 17.9 Å². The molecule has 0 spiro atoms. The zero-order chi connectivity index (χ0) is 22.9. The first-order valence-corrected chi connectivity index (χ1v) is 10.9. The van der Waals surface area contributed by atoms with Gasteiger partial charge >= 0.3 is 0 Å². The van der Waals surface area contributed by atoms with E-state index in [9.17, 15) is 9.59 Å². The third kappa shape index (κ3) is 3.81. The summed E-state index contributed by atoms with van der Waals surface area (Å²) in [6.07, 6.45) is 1.63. The lowest BCUT2D eigenvalue weighted by Crippen LogP contribution is -2.29. The van der Waals surface area contributed by atoms with Crippen molar-refractivity contribution in [2.75, 3.05) is 6.54 Å². The smallest absolute Gasteiger partial charge is 0.291 e. The third-order valence-electron chi connectivity index (χ3n) is 5.68. The van der Waals surface area contributed by atoms with Crippen molar-refractivity contribution < 1.29 is 13.9 Å². The standard InChI is InChI=1S/C27H20ClNO4/c1-2-13-29-24(18-9-6-10-20(14-18)32-16-17-7-4-3-5-8-17)23-25(30)21-15-19(28)11-12-22(21)33-26(23)27(29)31/h2-12,14-15,24H,1,13,16H2/t24-/m1/s1. The second-order valence-corrected chi connectivity index (χ2v) is 8.25. The molecule has 0 saturated heterocycles. The Morgan fingerprint density at radius 2 is 1.85 bits per heavy atom. The van der Waals surface area contributed by atoms with Crippen molar-refractivity contribution in [3.8, 4) is 5.75 Å². The van der Waals surface area contributed by atoms with Crippen LogP contribution in [0, 0.1) is 0 Å². The summed E-state index contributed by atoms with van der Waals surface area (Å²) < 4.78 is 11.9. The molecule has 1 atom stereocenters. The third-order valence-corrected chi connectivity index (χ3v) is 5.91. The maximum Gasteiger partial charge on any atom is 0.291 e. The molecule has 1 aromatic heterocycles. The predicted octanol–water partition coefficient (Wildman–Crippen LogP) is 5.76. The summed E-state index contributed by atoms with van der Waals surface area (Å²) >= 11 is 6.12. The Morgan fingerprint density at radius 3 is 2.64 bits per heavy atom. The molecule has 0 N–H and O–H groups in total. The molecule has 33 heavy (non-hydrogen) atoms. The van der Waals surface area contributed by atoms with E-state index >= 15 is 0 Å². The number of carbonyl (C=O) groups excluding carboxylic acids is 1. The van der Waals surface area contributed by atoms with Gasteiger partial charge in [-0.05, 0) is 41.5 Å². The molecule has 2 heterocycles. The summed E-state index contributed by atoms with van der Waals surface area (Å²) in [4.78, 5) is 28.3. The van der Waals surface area contributed by atoms with Crippen LogP contribution in [0.3, 0.4) is 0 Å². The fraction of sp³-hybridized carbons (Fsp3) is 0.111. The van der Waals surface area contributed by atoms with Gasteiger partial charge in [0, 0.05) is 11.6 Å². The molecule has 1 aliphatic heterocycles. The summed E-state index contributed by atoms with van der Waals surface area (Å²) in [6, 6.07) is 21.5. The van der Waals surface area contributed by atoms with Crippen molar-refractivity contribution in [3.05, 3.63) is 123 Å². The van der Waals surface area contributed by atoms with Crippen molar-refractivity contribution in [1.29, 1.82) is 0 Å². The summed E-state index contributed by atoms with van der Waals surface area (Å²) in [5.41, 5.74) is 2.16. The van der Waals surface area contributed by atoms with Crippen molar-refractivity contribution in [3.63, 3.8) is 0 Å². The summed E-state index contributed by atoms with van der Waals surface area (Å²) in [7, 11) is 0. The number of benzene rings is 3. The first-order valence-electron chi connectivity index (χ1n) is 10.5. The first-order chi connectivity index (χ1) is 16.1. The number of amides is 1. The van der Waals surface area contributed by atoms with E-state index in [4.69, 9.17) is 20.8 Å². The lowest BCUT2D eigenvalue weighted by molar-refractivity contribution is 0.0748. The highest BCUT2D eigenvalue weighted by molar-refractivity contribution is 6.31. The van der Waals surface area contributed by atoms with Gasteiger partial charge < -0.3 is 14.1 Å². The van der Waals surface area contributed by atoms with E-state index in [1.165, 1.54) is 0 Å². The van der Waals surface area contributed by atoms with E-state index in [2.05, 4.69) is 6.58 Å². The zero-order valence-electron chi connectivity index (χ0n) is 17.7. The Bertz CT molecular complexity index is 1430. The van der Waals surface area contributed by atoms with Gasteiger partial charge in [-0.25, -0.2) is 0 Å². The highest BCUT2D eigenvalue weighted by Crippen LogP contribution is 2.39. The van der Waals surface area contributed by atoms with Gasteiger partial charge in [-0.2, -0.15) is 0 Å². The van der Waals surface area contributed by atoms with Crippen LogP contribution in [-0.4, -0.2) is 17.4 Å². The monoisotopic (exact) mass is 457 g/mol. The maximum absolute atomic E-state index is 13.5. The normalized spacial score (nSPS) is 15.0. The van der Waals surface area contributed by atoms with Gasteiger partial charge in [0.15, 0.2) is 5.43 Å². The Hall–Kier alpha value is -3.83. The Kier molecular flexibility index (Phi) is 5.48. The second-order valence-electron chi connectivity index (χ2n) is 7.81. The molecule has 4 aromatic rings. The second kappa shape index (κ2) is 8.60. The van der Waals surface area contributed by atoms with Gasteiger partial charge in [0.25, 0.3) is 5.91 Å². The quantitative estimate of drug-likeness (QED) is 0.345. The van der Waals surface area contributed by atoms with Crippen LogP contribution in [0.15, 0.2) is 94.7 Å². The van der Waals surface area contributed by atoms with Crippen molar-refractivity contribution in [2.45, 2.75) is 12.6 Å². The molecular formula is C27H20ClNO4. The Balaban J connectivity index is 1.59. The molecule has 1 aliphatic rings. The van der Waals surface area contributed by atoms with Crippen LogP contribution in [0.1, 0.15) is 33.3 Å². The van der Waals surface area contributed by atoms with Crippen LogP contribution in [-0.2, 0) is 6.61 Å². The minimum absolute atomic E-state index is 0.0530. The molecule has 0 bridgehead atoms. The molecule has 0 saturated carbocycles.